The first kappa shape index (κ1) is 11.4. The Morgan fingerprint density at radius 1 is 1.36 bits per heavy atom. The molecule has 0 spiro atoms. The van der Waals surface area contributed by atoms with E-state index in [1.807, 2.05) is 6.92 Å². The molecular formula is C9H13BrN2O2. The molecule has 1 aromatic rings. The summed E-state index contributed by atoms with van der Waals surface area (Å²) in [7, 11) is 1.64. The van der Waals surface area contributed by atoms with Crippen molar-refractivity contribution in [2.45, 2.75) is 13.3 Å². The van der Waals surface area contributed by atoms with Crippen LogP contribution in [0.3, 0.4) is 0 Å². The van der Waals surface area contributed by atoms with Crippen molar-refractivity contribution in [1.82, 2.24) is 9.97 Å². The Labute approximate surface area is 91.8 Å². The third-order valence-electron chi connectivity index (χ3n) is 1.57. The van der Waals surface area contributed by atoms with Crippen LogP contribution in [0, 0.1) is 0 Å². The lowest BCUT2D eigenvalue weighted by atomic mass is 10.4. The van der Waals surface area contributed by atoms with E-state index < -0.39 is 0 Å². The standard InChI is InChI=1S/C9H13BrN2O2/c1-3-8-11-7(10)6-9(12-8)14-5-4-13-2/h6H,3-5H2,1-2H3. The van der Waals surface area contributed by atoms with Gasteiger partial charge in [0.25, 0.3) is 0 Å². The molecule has 0 aliphatic heterocycles. The van der Waals surface area contributed by atoms with Crippen LogP contribution in [-0.4, -0.2) is 30.3 Å². The zero-order valence-corrected chi connectivity index (χ0v) is 9.87. The summed E-state index contributed by atoms with van der Waals surface area (Å²) in [5, 5.41) is 0. The van der Waals surface area contributed by atoms with Crippen molar-refractivity contribution in [3.05, 3.63) is 16.5 Å². The summed E-state index contributed by atoms with van der Waals surface area (Å²) in [6.07, 6.45) is 0.792. The Kier molecular flexibility index (Phi) is 4.82. The van der Waals surface area contributed by atoms with Crippen LogP contribution in [-0.2, 0) is 11.2 Å². The Hall–Kier alpha value is -0.680. The lowest BCUT2D eigenvalue weighted by Gasteiger charge is -2.05. The number of aryl methyl sites for hydroxylation is 1. The second kappa shape index (κ2) is 5.93. The molecule has 78 valence electrons. The third kappa shape index (κ3) is 3.59. The summed E-state index contributed by atoms with van der Waals surface area (Å²) in [5.74, 6) is 1.35. The van der Waals surface area contributed by atoms with Crippen molar-refractivity contribution in [3.63, 3.8) is 0 Å². The fraction of sp³-hybridized carbons (Fsp3) is 0.556. The Bertz CT molecular complexity index is 294. The molecule has 0 fully saturated rings. The summed E-state index contributed by atoms with van der Waals surface area (Å²) in [4.78, 5) is 8.38. The second-order valence-electron chi connectivity index (χ2n) is 2.64. The Morgan fingerprint density at radius 3 is 2.79 bits per heavy atom. The van der Waals surface area contributed by atoms with Crippen LogP contribution in [0.2, 0.25) is 0 Å². The number of aromatic nitrogens is 2. The summed E-state index contributed by atoms with van der Waals surface area (Å²) in [6, 6.07) is 1.74. The Morgan fingerprint density at radius 2 is 2.14 bits per heavy atom. The largest absolute Gasteiger partial charge is 0.475 e. The van der Waals surface area contributed by atoms with Crippen LogP contribution in [0.1, 0.15) is 12.7 Å². The number of hydrogen-bond acceptors (Lipinski definition) is 4. The van der Waals surface area contributed by atoms with Crippen molar-refractivity contribution in [3.8, 4) is 5.88 Å². The van der Waals surface area contributed by atoms with Crippen LogP contribution in [0.4, 0.5) is 0 Å². The fourth-order valence-corrected chi connectivity index (χ4v) is 1.30. The number of hydrogen-bond donors (Lipinski definition) is 0. The highest BCUT2D eigenvalue weighted by Gasteiger charge is 2.01. The van der Waals surface area contributed by atoms with E-state index in [-0.39, 0.29) is 0 Å². The van der Waals surface area contributed by atoms with Gasteiger partial charge in [-0.3, -0.25) is 0 Å². The molecule has 0 unspecified atom stereocenters. The minimum Gasteiger partial charge on any atom is -0.475 e. The SMILES string of the molecule is CCc1nc(Br)cc(OCCOC)n1. The topological polar surface area (TPSA) is 44.2 Å². The zero-order valence-electron chi connectivity index (χ0n) is 8.29. The molecule has 0 aliphatic rings. The van der Waals surface area contributed by atoms with Gasteiger partial charge in [0.15, 0.2) is 0 Å². The number of methoxy groups -OCH3 is 1. The van der Waals surface area contributed by atoms with Gasteiger partial charge < -0.3 is 9.47 Å². The average Bonchev–Trinajstić information content (AvgIpc) is 2.17. The Balaban J connectivity index is 2.62. The van der Waals surface area contributed by atoms with Crippen molar-refractivity contribution >= 4 is 15.9 Å². The summed E-state index contributed by atoms with van der Waals surface area (Å²) in [5.41, 5.74) is 0. The first-order valence-corrected chi connectivity index (χ1v) is 5.20. The maximum absolute atomic E-state index is 5.36. The van der Waals surface area contributed by atoms with E-state index >= 15 is 0 Å². The van der Waals surface area contributed by atoms with Gasteiger partial charge in [-0.25, -0.2) is 4.98 Å². The monoisotopic (exact) mass is 260 g/mol. The molecule has 0 atom stereocenters. The predicted octanol–water partition coefficient (Wildman–Crippen LogP) is 1.83. The van der Waals surface area contributed by atoms with Crippen molar-refractivity contribution in [1.29, 1.82) is 0 Å². The third-order valence-corrected chi connectivity index (χ3v) is 1.98. The van der Waals surface area contributed by atoms with Crippen LogP contribution in [0.5, 0.6) is 5.88 Å². The van der Waals surface area contributed by atoms with Gasteiger partial charge in [-0.05, 0) is 15.9 Å². The molecule has 0 radical (unpaired) electrons. The van der Waals surface area contributed by atoms with E-state index in [9.17, 15) is 0 Å². The van der Waals surface area contributed by atoms with E-state index in [2.05, 4.69) is 25.9 Å². The van der Waals surface area contributed by atoms with Gasteiger partial charge in [0.1, 0.15) is 17.0 Å². The van der Waals surface area contributed by atoms with Crippen molar-refractivity contribution in [2.24, 2.45) is 0 Å². The molecule has 0 saturated heterocycles. The number of halogens is 1. The van der Waals surface area contributed by atoms with Crippen LogP contribution in [0.15, 0.2) is 10.7 Å². The fourth-order valence-electron chi connectivity index (χ4n) is 0.904. The average molecular weight is 261 g/mol. The molecule has 0 amide bonds. The lowest BCUT2D eigenvalue weighted by Crippen LogP contribution is -2.06. The first-order valence-electron chi connectivity index (χ1n) is 4.41. The number of nitrogens with zero attached hydrogens (tertiary/aromatic N) is 2. The molecule has 0 bridgehead atoms. The van der Waals surface area contributed by atoms with Gasteiger partial charge in [0.05, 0.1) is 6.61 Å². The van der Waals surface area contributed by atoms with Gasteiger partial charge in [-0.2, -0.15) is 4.98 Å². The molecule has 0 N–H and O–H groups in total. The normalized spacial score (nSPS) is 10.2. The van der Waals surface area contributed by atoms with Crippen LogP contribution in [0.25, 0.3) is 0 Å². The van der Waals surface area contributed by atoms with Gasteiger partial charge >= 0.3 is 0 Å². The summed E-state index contributed by atoms with van der Waals surface area (Å²) >= 11 is 3.30. The van der Waals surface area contributed by atoms with E-state index in [4.69, 9.17) is 9.47 Å². The quantitative estimate of drug-likeness (QED) is 0.599. The highest BCUT2D eigenvalue weighted by molar-refractivity contribution is 9.10. The highest BCUT2D eigenvalue weighted by Crippen LogP contribution is 2.14. The van der Waals surface area contributed by atoms with Crippen molar-refractivity contribution < 1.29 is 9.47 Å². The molecule has 0 aromatic carbocycles. The van der Waals surface area contributed by atoms with Gasteiger partial charge in [0, 0.05) is 19.6 Å². The lowest BCUT2D eigenvalue weighted by molar-refractivity contribution is 0.143. The number of ether oxygens (including phenoxy) is 2. The minimum atomic E-state index is 0.503. The van der Waals surface area contributed by atoms with E-state index in [1.54, 1.807) is 13.2 Å². The van der Waals surface area contributed by atoms with Gasteiger partial charge in [0.2, 0.25) is 5.88 Å². The summed E-state index contributed by atoms with van der Waals surface area (Å²) < 4.78 is 11.0. The predicted molar refractivity (Wildman–Crippen MR) is 56.5 cm³/mol. The summed E-state index contributed by atoms with van der Waals surface area (Å²) in [6.45, 7) is 3.06. The van der Waals surface area contributed by atoms with E-state index in [0.717, 1.165) is 16.8 Å². The van der Waals surface area contributed by atoms with Crippen LogP contribution < -0.4 is 4.74 Å². The smallest absolute Gasteiger partial charge is 0.217 e. The van der Waals surface area contributed by atoms with Crippen LogP contribution >= 0.6 is 15.9 Å². The van der Waals surface area contributed by atoms with E-state index in [1.165, 1.54) is 0 Å². The molecule has 4 nitrogen and oxygen atoms in total. The molecular weight excluding hydrogens is 248 g/mol. The first-order chi connectivity index (χ1) is 6.76. The molecule has 1 rings (SSSR count). The molecule has 5 heteroatoms. The zero-order chi connectivity index (χ0) is 10.4. The maximum Gasteiger partial charge on any atom is 0.217 e. The van der Waals surface area contributed by atoms with Crippen molar-refractivity contribution in [2.75, 3.05) is 20.3 Å². The highest BCUT2D eigenvalue weighted by atomic mass is 79.9. The molecule has 1 aromatic heterocycles. The molecule has 0 saturated carbocycles. The molecule has 0 aliphatic carbocycles. The van der Waals surface area contributed by atoms with Gasteiger partial charge in [-0.1, -0.05) is 6.92 Å². The maximum atomic E-state index is 5.36. The second-order valence-corrected chi connectivity index (χ2v) is 3.45. The van der Waals surface area contributed by atoms with Gasteiger partial charge in [-0.15, -0.1) is 0 Å². The molecule has 14 heavy (non-hydrogen) atoms. The minimum absolute atomic E-state index is 0.503. The molecule has 1 heterocycles. The van der Waals surface area contributed by atoms with E-state index in [0.29, 0.717) is 19.1 Å². The number of rotatable bonds is 5.